The molecule has 1 aromatic carbocycles. The zero-order valence-corrected chi connectivity index (χ0v) is 10.4. The lowest BCUT2D eigenvalue weighted by molar-refractivity contribution is -0.274. The van der Waals surface area contributed by atoms with Crippen molar-refractivity contribution < 1.29 is 17.9 Å². The third-order valence-electron chi connectivity index (χ3n) is 1.98. The average Bonchev–Trinajstić information content (AvgIpc) is 2.28. The lowest BCUT2D eigenvalue weighted by Crippen LogP contribution is -2.17. The third-order valence-corrected chi connectivity index (χ3v) is 2.39. The van der Waals surface area contributed by atoms with E-state index in [4.69, 9.17) is 0 Å². The molecule has 1 heterocycles. The maximum atomic E-state index is 12.1. The van der Waals surface area contributed by atoms with Gasteiger partial charge in [0.2, 0.25) is 0 Å². The van der Waals surface area contributed by atoms with Crippen LogP contribution in [-0.2, 0) is 0 Å². The topological polar surface area (TPSA) is 35.0 Å². The molecule has 0 unspecified atom stereocenters. The summed E-state index contributed by atoms with van der Waals surface area (Å²) in [5, 5.41) is 0. The fourth-order valence-corrected chi connectivity index (χ4v) is 1.52. The highest BCUT2D eigenvalue weighted by Crippen LogP contribution is 2.26. The summed E-state index contributed by atoms with van der Waals surface area (Å²) in [7, 11) is 0. The van der Waals surface area contributed by atoms with Crippen molar-refractivity contribution in [3.8, 4) is 17.0 Å². The van der Waals surface area contributed by atoms with E-state index in [9.17, 15) is 13.2 Å². The van der Waals surface area contributed by atoms with Gasteiger partial charge in [-0.05, 0) is 28.1 Å². The largest absolute Gasteiger partial charge is 0.573 e. The van der Waals surface area contributed by atoms with Crippen molar-refractivity contribution in [1.82, 2.24) is 9.97 Å². The second-order valence-electron chi connectivity index (χ2n) is 3.30. The first-order valence-corrected chi connectivity index (χ1v) is 5.57. The van der Waals surface area contributed by atoms with Crippen molar-refractivity contribution in [3.63, 3.8) is 0 Å². The van der Waals surface area contributed by atoms with Gasteiger partial charge in [-0.25, -0.2) is 4.98 Å². The van der Waals surface area contributed by atoms with Crippen LogP contribution in [0, 0.1) is 0 Å². The van der Waals surface area contributed by atoms with Gasteiger partial charge in [0.25, 0.3) is 0 Å². The quantitative estimate of drug-likeness (QED) is 0.844. The molecule has 0 spiro atoms. The number of benzene rings is 1. The van der Waals surface area contributed by atoms with Crippen LogP contribution in [0.5, 0.6) is 5.75 Å². The number of halogens is 4. The normalized spacial score (nSPS) is 11.3. The van der Waals surface area contributed by atoms with Crippen LogP contribution in [0.1, 0.15) is 0 Å². The van der Waals surface area contributed by atoms with Crippen LogP contribution in [0.4, 0.5) is 13.2 Å². The van der Waals surface area contributed by atoms with Crippen molar-refractivity contribution in [2.75, 3.05) is 0 Å². The smallest absolute Gasteiger partial charge is 0.406 e. The molecule has 0 saturated heterocycles. The zero-order chi connectivity index (χ0) is 13.2. The average molecular weight is 319 g/mol. The van der Waals surface area contributed by atoms with Crippen LogP contribution < -0.4 is 4.74 Å². The highest BCUT2D eigenvalue weighted by atomic mass is 79.9. The molecule has 0 saturated carbocycles. The van der Waals surface area contributed by atoms with Crippen LogP contribution in [0.15, 0.2) is 41.3 Å². The first-order valence-electron chi connectivity index (χ1n) is 4.78. The number of nitrogens with zero attached hydrogens (tertiary/aromatic N) is 2. The van der Waals surface area contributed by atoms with Gasteiger partial charge < -0.3 is 4.74 Å². The fourth-order valence-electron chi connectivity index (χ4n) is 1.31. The molecule has 0 fully saturated rings. The summed E-state index contributed by atoms with van der Waals surface area (Å²) in [5.41, 5.74) is 0.961. The highest BCUT2D eigenvalue weighted by Gasteiger charge is 2.31. The number of aromatic nitrogens is 2. The minimum absolute atomic E-state index is 0.287. The molecule has 2 aromatic rings. The standard InChI is InChI=1S/C11H6BrF3N2O/c12-10-6-16-9(5-17-10)7-2-1-3-8(4-7)18-11(13,14)15/h1-6H. The van der Waals surface area contributed by atoms with Gasteiger partial charge in [-0.1, -0.05) is 12.1 Å². The molecule has 0 bridgehead atoms. The predicted octanol–water partition coefficient (Wildman–Crippen LogP) is 3.80. The van der Waals surface area contributed by atoms with Crippen molar-refractivity contribution >= 4 is 15.9 Å². The van der Waals surface area contributed by atoms with Crippen molar-refractivity contribution in [2.24, 2.45) is 0 Å². The van der Waals surface area contributed by atoms with Gasteiger partial charge in [0.1, 0.15) is 10.4 Å². The SMILES string of the molecule is FC(F)(F)Oc1cccc(-c2cnc(Br)cn2)c1. The molecule has 0 radical (unpaired) electrons. The van der Waals surface area contributed by atoms with Gasteiger partial charge >= 0.3 is 6.36 Å². The molecule has 0 aliphatic carbocycles. The Hall–Kier alpha value is -1.63. The Kier molecular flexibility index (Phi) is 3.51. The number of hydrogen-bond donors (Lipinski definition) is 0. The van der Waals surface area contributed by atoms with Gasteiger partial charge in [0.15, 0.2) is 0 Å². The van der Waals surface area contributed by atoms with E-state index in [1.54, 1.807) is 6.07 Å². The summed E-state index contributed by atoms with van der Waals surface area (Å²) in [6.07, 6.45) is -1.78. The van der Waals surface area contributed by atoms with E-state index in [-0.39, 0.29) is 5.75 Å². The van der Waals surface area contributed by atoms with Crippen molar-refractivity contribution in [1.29, 1.82) is 0 Å². The minimum Gasteiger partial charge on any atom is -0.406 e. The molecule has 0 N–H and O–H groups in total. The van der Waals surface area contributed by atoms with Gasteiger partial charge in [-0.3, -0.25) is 4.98 Å². The van der Waals surface area contributed by atoms with E-state index in [1.807, 2.05) is 0 Å². The molecule has 0 aliphatic heterocycles. The lowest BCUT2D eigenvalue weighted by atomic mass is 10.1. The van der Waals surface area contributed by atoms with Crippen LogP contribution in [-0.4, -0.2) is 16.3 Å². The highest BCUT2D eigenvalue weighted by molar-refractivity contribution is 9.10. The molecule has 94 valence electrons. The molecule has 0 atom stereocenters. The van der Waals surface area contributed by atoms with Crippen molar-refractivity contribution in [2.45, 2.75) is 6.36 Å². The number of hydrogen-bond acceptors (Lipinski definition) is 3. The molecule has 7 heteroatoms. The molecular weight excluding hydrogens is 313 g/mol. The molecule has 18 heavy (non-hydrogen) atoms. The summed E-state index contributed by atoms with van der Waals surface area (Å²) in [6, 6.07) is 5.57. The maximum Gasteiger partial charge on any atom is 0.573 e. The Morgan fingerprint density at radius 1 is 1.11 bits per heavy atom. The first-order chi connectivity index (χ1) is 8.44. The Bertz CT molecular complexity index is 543. The second kappa shape index (κ2) is 4.93. The van der Waals surface area contributed by atoms with E-state index in [1.165, 1.54) is 30.6 Å². The van der Waals surface area contributed by atoms with Crippen LogP contribution in [0.25, 0.3) is 11.3 Å². The Balaban J connectivity index is 2.29. The Labute approximate surface area is 109 Å². The first kappa shape index (κ1) is 12.8. The molecule has 0 aliphatic rings. The molecular formula is C11H6BrF3N2O. The Morgan fingerprint density at radius 2 is 1.89 bits per heavy atom. The van der Waals surface area contributed by atoms with E-state index >= 15 is 0 Å². The monoisotopic (exact) mass is 318 g/mol. The van der Waals surface area contributed by atoms with Gasteiger partial charge in [-0.15, -0.1) is 13.2 Å². The summed E-state index contributed by atoms with van der Waals surface area (Å²) >= 11 is 3.13. The van der Waals surface area contributed by atoms with Crippen LogP contribution in [0.2, 0.25) is 0 Å². The molecule has 0 amide bonds. The van der Waals surface area contributed by atoms with Gasteiger partial charge in [0.05, 0.1) is 18.1 Å². The number of alkyl halides is 3. The fraction of sp³-hybridized carbons (Fsp3) is 0.0909. The predicted molar refractivity (Wildman–Crippen MR) is 61.9 cm³/mol. The molecule has 2 rings (SSSR count). The molecule has 1 aromatic heterocycles. The van der Waals surface area contributed by atoms with E-state index in [0.717, 1.165) is 0 Å². The zero-order valence-electron chi connectivity index (χ0n) is 8.78. The summed E-state index contributed by atoms with van der Waals surface area (Å²) in [6.45, 7) is 0. The van der Waals surface area contributed by atoms with Gasteiger partial charge in [-0.2, -0.15) is 0 Å². The second-order valence-corrected chi connectivity index (χ2v) is 4.11. The summed E-state index contributed by atoms with van der Waals surface area (Å²) in [5.74, 6) is -0.287. The molecule has 3 nitrogen and oxygen atoms in total. The third kappa shape index (κ3) is 3.43. The lowest BCUT2D eigenvalue weighted by Gasteiger charge is -2.09. The van der Waals surface area contributed by atoms with Crippen molar-refractivity contribution in [3.05, 3.63) is 41.3 Å². The maximum absolute atomic E-state index is 12.1. The van der Waals surface area contributed by atoms with Crippen LogP contribution in [0.3, 0.4) is 0 Å². The van der Waals surface area contributed by atoms with E-state index < -0.39 is 6.36 Å². The van der Waals surface area contributed by atoms with E-state index in [2.05, 4.69) is 30.6 Å². The minimum atomic E-state index is -4.70. The van der Waals surface area contributed by atoms with E-state index in [0.29, 0.717) is 15.9 Å². The van der Waals surface area contributed by atoms with Gasteiger partial charge in [0, 0.05) is 5.56 Å². The summed E-state index contributed by atoms with van der Waals surface area (Å²) in [4.78, 5) is 7.99. The Morgan fingerprint density at radius 3 is 2.50 bits per heavy atom. The van der Waals surface area contributed by atoms with Crippen LogP contribution >= 0.6 is 15.9 Å². The number of ether oxygens (including phenoxy) is 1. The number of rotatable bonds is 2. The summed E-state index contributed by atoms with van der Waals surface area (Å²) < 4.78 is 40.6.